The Morgan fingerprint density at radius 2 is 2.20 bits per heavy atom. The van der Waals surface area contributed by atoms with Gasteiger partial charge in [0.1, 0.15) is 0 Å². The van der Waals surface area contributed by atoms with E-state index < -0.39 is 0 Å². The molecule has 0 unspecified atom stereocenters. The summed E-state index contributed by atoms with van der Waals surface area (Å²) in [4.78, 5) is 18.7. The number of nitrogens with zero attached hydrogens (tertiary/aromatic N) is 2. The number of aromatic nitrogens is 1. The zero-order valence-electron chi connectivity index (χ0n) is 11.8. The number of carbonyl (C=O) groups is 1. The number of benzene rings is 1. The molecule has 4 nitrogen and oxygen atoms in total. The summed E-state index contributed by atoms with van der Waals surface area (Å²) in [5.41, 5.74) is 1.04. The molecule has 1 N–H and O–H groups in total. The van der Waals surface area contributed by atoms with Crippen LogP contribution >= 0.6 is 11.3 Å². The van der Waals surface area contributed by atoms with Gasteiger partial charge in [0.2, 0.25) is 5.91 Å². The number of thiazole rings is 1. The molecule has 1 aliphatic rings. The second kappa shape index (κ2) is 5.40. The predicted molar refractivity (Wildman–Crippen MR) is 83.2 cm³/mol. The Balaban J connectivity index is 1.58. The maximum absolute atomic E-state index is 11.9. The fourth-order valence-corrected chi connectivity index (χ4v) is 3.23. The van der Waals surface area contributed by atoms with Crippen LogP contribution in [0.25, 0.3) is 10.2 Å². The number of para-hydroxylation sites is 1. The van der Waals surface area contributed by atoms with Gasteiger partial charge in [-0.05, 0) is 18.1 Å². The number of fused-ring (bicyclic) bond motifs is 1. The van der Waals surface area contributed by atoms with Crippen LogP contribution in [0.2, 0.25) is 0 Å². The fraction of sp³-hybridized carbons (Fsp3) is 0.467. The van der Waals surface area contributed by atoms with E-state index in [0.717, 1.165) is 30.3 Å². The van der Waals surface area contributed by atoms with E-state index in [2.05, 4.69) is 35.1 Å². The Hall–Kier alpha value is -1.62. The summed E-state index contributed by atoms with van der Waals surface area (Å²) in [6, 6.07) is 8.15. The Morgan fingerprint density at radius 3 is 2.90 bits per heavy atom. The van der Waals surface area contributed by atoms with Gasteiger partial charge in [0.15, 0.2) is 5.13 Å². The average molecular weight is 289 g/mol. The molecule has 1 amide bonds. The van der Waals surface area contributed by atoms with E-state index in [9.17, 15) is 4.79 Å². The van der Waals surface area contributed by atoms with Gasteiger partial charge in [-0.2, -0.15) is 0 Å². The van der Waals surface area contributed by atoms with Gasteiger partial charge in [0.25, 0.3) is 0 Å². The normalized spacial score (nSPS) is 15.7. The lowest BCUT2D eigenvalue weighted by Gasteiger charge is -2.38. The molecule has 5 heteroatoms. The molecule has 1 saturated heterocycles. The van der Waals surface area contributed by atoms with E-state index in [1.165, 1.54) is 4.70 Å². The number of hydrogen-bond acceptors (Lipinski definition) is 4. The standard InChI is InChI=1S/C15H19N3OS/c1-10(2)7-16-14(19)11-8-18(9-11)15-17-12-5-3-4-6-13(12)20-15/h3-6,10-11H,7-9H2,1-2H3,(H,16,19). The number of carbonyl (C=O) groups excluding carboxylic acids is 1. The van der Waals surface area contributed by atoms with Gasteiger partial charge in [-0.1, -0.05) is 37.3 Å². The first-order valence-corrected chi connectivity index (χ1v) is 7.83. The van der Waals surface area contributed by atoms with Crippen molar-refractivity contribution < 1.29 is 4.79 Å². The topological polar surface area (TPSA) is 45.2 Å². The number of hydrogen-bond donors (Lipinski definition) is 1. The van der Waals surface area contributed by atoms with E-state index in [1.807, 2.05) is 18.2 Å². The highest BCUT2D eigenvalue weighted by molar-refractivity contribution is 7.22. The molecule has 1 aliphatic heterocycles. The molecule has 1 aromatic heterocycles. The smallest absolute Gasteiger partial charge is 0.226 e. The van der Waals surface area contributed by atoms with Crippen LogP contribution < -0.4 is 10.2 Å². The highest BCUT2D eigenvalue weighted by Crippen LogP contribution is 2.32. The van der Waals surface area contributed by atoms with Crippen molar-refractivity contribution in [3.05, 3.63) is 24.3 Å². The Bertz CT molecular complexity index is 583. The van der Waals surface area contributed by atoms with Gasteiger partial charge >= 0.3 is 0 Å². The summed E-state index contributed by atoms with van der Waals surface area (Å²) in [6.07, 6.45) is 0. The van der Waals surface area contributed by atoms with Crippen molar-refractivity contribution in [3.8, 4) is 0 Å². The lowest BCUT2D eigenvalue weighted by atomic mass is 10.00. The zero-order valence-corrected chi connectivity index (χ0v) is 12.6. The van der Waals surface area contributed by atoms with Gasteiger partial charge < -0.3 is 10.2 Å². The van der Waals surface area contributed by atoms with Crippen LogP contribution in [-0.4, -0.2) is 30.5 Å². The largest absolute Gasteiger partial charge is 0.355 e. The van der Waals surface area contributed by atoms with E-state index in [0.29, 0.717) is 5.92 Å². The van der Waals surface area contributed by atoms with Gasteiger partial charge in [0, 0.05) is 19.6 Å². The minimum Gasteiger partial charge on any atom is -0.355 e. The molecular formula is C15H19N3OS. The average Bonchev–Trinajstić information content (AvgIpc) is 2.77. The van der Waals surface area contributed by atoms with Crippen molar-refractivity contribution in [1.29, 1.82) is 0 Å². The summed E-state index contributed by atoms with van der Waals surface area (Å²) in [6.45, 7) is 6.53. The van der Waals surface area contributed by atoms with Crippen molar-refractivity contribution >= 4 is 32.6 Å². The first kappa shape index (κ1) is 13.4. The SMILES string of the molecule is CC(C)CNC(=O)C1CN(c2nc3ccccc3s2)C1. The predicted octanol–water partition coefficient (Wildman–Crippen LogP) is 2.50. The highest BCUT2D eigenvalue weighted by Gasteiger charge is 2.34. The van der Waals surface area contributed by atoms with E-state index in [-0.39, 0.29) is 11.8 Å². The molecule has 0 radical (unpaired) electrons. The van der Waals surface area contributed by atoms with Crippen molar-refractivity contribution in [2.45, 2.75) is 13.8 Å². The molecule has 106 valence electrons. The van der Waals surface area contributed by atoms with Gasteiger partial charge in [-0.3, -0.25) is 4.79 Å². The molecule has 0 atom stereocenters. The lowest BCUT2D eigenvalue weighted by molar-refractivity contribution is -0.125. The third-order valence-electron chi connectivity index (χ3n) is 3.49. The summed E-state index contributed by atoms with van der Waals surface area (Å²) >= 11 is 1.70. The van der Waals surface area contributed by atoms with Crippen LogP contribution in [0.15, 0.2) is 24.3 Å². The van der Waals surface area contributed by atoms with Crippen LogP contribution in [-0.2, 0) is 4.79 Å². The maximum atomic E-state index is 11.9. The fourth-order valence-electron chi connectivity index (χ4n) is 2.24. The van der Waals surface area contributed by atoms with E-state index in [1.54, 1.807) is 11.3 Å². The lowest BCUT2D eigenvalue weighted by Crippen LogP contribution is -2.54. The van der Waals surface area contributed by atoms with Crippen LogP contribution in [0.5, 0.6) is 0 Å². The number of amides is 1. The van der Waals surface area contributed by atoms with E-state index in [4.69, 9.17) is 0 Å². The van der Waals surface area contributed by atoms with Crippen LogP contribution in [0.3, 0.4) is 0 Å². The van der Waals surface area contributed by atoms with Gasteiger partial charge in [-0.15, -0.1) is 0 Å². The molecule has 0 spiro atoms. The molecular weight excluding hydrogens is 270 g/mol. The molecule has 2 heterocycles. The van der Waals surface area contributed by atoms with Gasteiger partial charge in [-0.25, -0.2) is 4.98 Å². The monoisotopic (exact) mass is 289 g/mol. The quantitative estimate of drug-likeness (QED) is 0.940. The Kier molecular flexibility index (Phi) is 3.61. The summed E-state index contributed by atoms with van der Waals surface area (Å²) in [5, 5.41) is 4.03. The molecule has 0 aliphatic carbocycles. The van der Waals surface area contributed by atoms with Crippen LogP contribution in [0.1, 0.15) is 13.8 Å². The van der Waals surface area contributed by atoms with Crippen LogP contribution in [0.4, 0.5) is 5.13 Å². The molecule has 1 aromatic carbocycles. The molecule has 3 rings (SSSR count). The van der Waals surface area contributed by atoms with Crippen molar-refractivity contribution in [3.63, 3.8) is 0 Å². The van der Waals surface area contributed by atoms with Crippen LogP contribution in [0, 0.1) is 11.8 Å². The summed E-state index contributed by atoms with van der Waals surface area (Å²) in [7, 11) is 0. The minimum absolute atomic E-state index is 0.112. The van der Waals surface area contributed by atoms with Gasteiger partial charge in [0.05, 0.1) is 16.1 Å². The maximum Gasteiger partial charge on any atom is 0.226 e. The Morgan fingerprint density at radius 1 is 1.45 bits per heavy atom. The molecule has 1 fully saturated rings. The minimum atomic E-state index is 0.112. The highest BCUT2D eigenvalue weighted by atomic mass is 32.1. The first-order chi connectivity index (χ1) is 9.63. The molecule has 20 heavy (non-hydrogen) atoms. The second-order valence-electron chi connectivity index (χ2n) is 5.71. The first-order valence-electron chi connectivity index (χ1n) is 7.01. The van der Waals surface area contributed by atoms with Crippen molar-refractivity contribution in [1.82, 2.24) is 10.3 Å². The number of anilines is 1. The third kappa shape index (κ3) is 2.63. The zero-order chi connectivity index (χ0) is 14.1. The molecule has 2 aromatic rings. The molecule has 0 saturated carbocycles. The number of rotatable bonds is 4. The van der Waals surface area contributed by atoms with Crippen molar-refractivity contribution in [2.75, 3.05) is 24.5 Å². The van der Waals surface area contributed by atoms with Crippen molar-refractivity contribution in [2.24, 2.45) is 11.8 Å². The molecule has 0 bridgehead atoms. The van der Waals surface area contributed by atoms with E-state index >= 15 is 0 Å². The number of nitrogens with one attached hydrogen (secondary N) is 1. The Labute approximate surface area is 122 Å². The summed E-state index contributed by atoms with van der Waals surface area (Å²) in [5.74, 6) is 0.788. The summed E-state index contributed by atoms with van der Waals surface area (Å²) < 4.78 is 1.20. The second-order valence-corrected chi connectivity index (χ2v) is 6.71. The third-order valence-corrected chi connectivity index (χ3v) is 4.59.